The van der Waals surface area contributed by atoms with Crippen molar-refractivity contribution in [2.45, 2.75) is 25.7 Å². The highest BCUT2D eigenvalue weighted by molar-refractivity contribution is 5.79. The molecule has 1 aliphatic rings. The molecule has 0 saturated heterocycles. The molecule has 0 bridgehead atoms. The molecule has 0 aromatic rings. The highest BCUT2D eigenvalue weighted by Gasteiger charge is 2.07. The summed E-state index contributed by atoms with van der Waals surface area (Å²) in [6, 6.07) is 0. The Morgan fingerprint density at radius 1 is 1.33 bits per heavy atom. The summed E-state index contributed by atoms with van der Waals surface area (Å²) in [5.74, 6) is 0.454. The fraction of sp³-hybridized carbons (Fsp3) is 0.667. The first-order chi connectivity index (χ1) is 4.31. The molecule has 0 amide bonds. The number of Topliss-reactive ketones (excluding diaryl/α,β-unsaturated/α-hetero) is 1. The summed E-state index contributed by atoms with van der Waals surface area (Å²) in [7, 11) is 0. The Labute approximate surface area is 53.7 Å². The molecule has 9 heavy (non-hydrogen) atoms. The van der Waals surface area contributed by atoms with Crippen molar-refractivity contribution in [1.29, 1.82) is 0 Å². The van der Waals surface area contributed by atoms with Crippen molar-refractivity contribution < 1.29 is 14.7 Å². The molecule has 1 N–H and O–H groups in total. The van der Waals surface area contributed by atoms with Gasteiger partial charge in [0.15, 0.2) is 0 Å². The highest BCUT2D eigenvalue weighted by atomic mass is 16.3. The van der Waals surface area contributed by atoms with E-state index in [4.69, 9.17) is 9.90 Å². The molecule has 1 fully saturated rings. The Balaban J connectivity index is 0.000000187. The molecule has 3 nitrogen and oxygen atoms in total. The summed E-state index contributed by atoms with van der Waals surface area (Å²) in [4.78, 5) is 18.6. The average Bonchev–Trinajstić information content (AvgIpc) is 2.20. The largest absolute Gasteiger partial charge is 0.483 e. The molecule has 0 radical (unpaired) electrons. The number of rotatable bonds is 0. The second-order valence-electron chi connectivity index (χ2n) is 1.85. The van der Waals surface area contributed by atoms with Crippen LogP contribution in [0, 0.1) is 0 Å². The second-order valence-corrected chi connectivity index (χ2v) is 1.85. The number of ketones is 1. The predicted molar refractivity (Wildman–Crippen MR) is 32.2 cm³/mol. The van der Waals surface area contributed by atoms with Crippen LogP contribution in [-0.2, 0) is 9.59 Å². The Kier molecular flexibility index (Phi) is 4.78. The molecule has 0 atom stereocenters. The van der Waals surface area contributed by atoms with Crippen LogP contribution in [0.5, 0.6) is 0 Å². The topological polar surface area (TPSA) is 54.4 Å². The zero-order valence-electron chi connectivity index (χ0n) is 5.17. The van der Waals surface area contributed by atoms with Crippen LogP contribution in [0.3, 0.4) is 0 Å². The number of carbonyl (C=O) groups excluding carboxylic acids is 1. The summed E-state index contributed by atoms with van der Waals surface area (Å²) in [6.07, 6.45) is 3.97. The van der Waals surface area contributed by atoms with Gasteiger partial charge in [0.1, 0.15) is 5.78 Å². The monoisotopic (exact) mass is 130 g/mol. The minimum Gasteiger partial charge on any atom is -0.483 e. The van der Waals surface area contributed by atoms with Crippen LogP contribution in [0.1, 0.15) is 25.7 Å². The lowest BCUT2D eigenvalue weighted by atomic mass is 10.4. The summed E-state index contributed by atoms with van der Waals surface area (Å²) >= 11 is 0. The summed E-state index contributed by atoms with van der Waals surface area (Å²) < 4.78 is 0. The molecule has 52 valence electrons. The van der Waals surface area contributed by atoms with Crippen LogP contribution in [0.15, 0.2) is 0 Å². The van der Waals surface area contributed by atoms with Gasteiger partial charge in [-0.05, 0) is 12.8 Å². The third kappa shape index (κ3) is 5.00. The first kappa shape index (κ1) is 8.14. The molecule has 0 spiro atoms. The lowest BCUT2D eigenvalue weighted by molar-refractivity contribution is -0.123. The summed E-state index contributed by atoms with van der Waals surface area (Å²) in [5, 5.41) is 6.89. The van der Waals surface area contributed by atoms with Crippen LogP contribution in [0.4, 0.5) is 0 Å². The Morgan fingerprint density at radius 2 is 1.67 bits per heavy atom. The lowest BCUT2D eigenvalue weighted by Gasteiger charge is -1.71. The van der Waals surface area contributed by atoms with Crippen LogP contribution in [-0.4, -0.2) is 17.4 Å². The third-order valence-electron chi connectivity index (χ3n) is 1.16. The van der Waals surface area contributed by atoms with E-state index in [9.17, 15) is 4.79 Å². The van der Waals surface area contributed by atoms with Gasteiger partial charge in [0, 0.05) is 12.8 Å². The van der Waals surface area contributed by atoms with E-state index in [0.29, 0.717) is 5.78 Å². The van der Waals surface area contributed by atoms with Gasteiger partial charge < -0.3 is 5.11 Å². The molecule has 0 aromatic carbocycles. The van der Waals surface area contributed by atoms with Crippen molar-refractivity contribution in [3.63, 3.8) is 0 Å². The predicted octanol–water partition coefficient (Wildman–Crippen LogP) is 0.830. The number of hydrogen-bond donors (Lipinski definition) is 1. The van der Waals surface area contributed by atoms with Crippen molar-refractivity contribution in [3.05, 3.63) is 0 Å². The van der Waals surface area contributed by atoms with E-state index in [1.54, 1.807) is 0 Å². The van der Waals surface area contributed by atoms with E-state index in [-0.39, 0.29) is 6.47 Å². The minimum absolute atomic E-state index is 0.250. The van der Waals surface area contributed by atoms with E-state index in [0.717, 1.165) is 25.7 Å². The zero-order valence-corrected chi connectivity index (χ0v) is 5.17. The standard InChI is InChI=1S/C5H8O.CH2O2/c6-5-3-1-2-4-5;2-1-3/h1-4H2;1H,(H,2,3). The van der Waals surface area contributed by atoms with Crippen LogP contribution in [0.2, 0.25) is 0 Å². The third-order valence-corrected chi connectivity index (χ3v) is 1.16. The van der Waals surface area contributed by atoms with E-state index in [1.165, 1.54) is 0 Å². The molecule has 0 heterocycles. The molecular formula is C6H10O3. The van der Waals surface area contributed by atoms with Gasteiger partial charge in [-0.3, -0.25) is 9.59 Å². The van der Waals surface area contributed by atoms with Crippen LogP contribution >= 0.6 is 0 Å². The van der Waals surface area contributed by atoms with Crippen LogP contribution < -0.4 is 0 Å². The molecular weight excluding hydrogens is 120 g/mol. The first-order valence-corrected chi connectivity index (χ1v) is 2.91. The number of carboxylic acid groups (broad SMARTS) is 1. The molecule has 0 unspecified atom stereocenters. The maximum absolute atomic E-state index is 10.2. The molecule has 0 aliphatic heterocycles. The van der Waals surface area contributed by atoms with Gasteiger partial charge in [0.25, 0.3) is 6.47 Å². The highest BCUT2D eigenvalue weighted by Crippen LogP contribution is 2.11. The van der Waals surface area contributed by atoms with E-state index in [1.807, 2.05) is 0 Å². The van der Waals surface area contributed by atoms with Crippen LogP contribution in [0.25, 0.3) is 0 Å². The van der Waals surface area contributed by atoms with Gasteiger partial charge in [-0.15, -0.1) is 0 Å². The molecule has 1 rings (SSSR count). The maximum atomic E-state index is 10.2. The number of hydrogen-bond acceptors (Lipinski definition) is 2. The smallest absolute Gasteiger partial charge is 0.290 e. The molecule has 0 aromatic heterocycles. The van der Waals surface area contributed by atoms with Crippen molar-refractivity contribution in [2.24, 2.45) is 0 Å². The van der Waals surface area contributed by atoms with E-state index in [2.05, 4.69) is 0 Å². The molecule has 1 aliphatic carbocycles. The first-order valence-electron chi connectivity index (χ1n) is 2.91. The Bertz CT molecular complexity index is 90.5. The van der Waals surface area contributed by atoms with Crippen molar-refractivity contribution in [1.82, 2.24) is 0 Å². The maximum Gasteiger partial charge on any atom is 0.290 e. The van der Waals surface area contributed by atoms with E-state index >= 15 is 0 Å². The zero-order chi connectivity index (χ0) is 7.11. The van der Waals surface area contributed by atoms with Gasteiger partial charge in [0.05, 0.1) is 0 Å². The lowest BCUT2D eigenvalue weighted by Crippen LogP contribution is -1.81. The van der Waals surface area contributed by atoms with Gasteiger partial charge >= 0.3 is 0 Å². The summed E-state index contributed by atoms with van der Waals surface area (Å²) in [5.41, 5.74) is 0. The van der Waals surface area contributed by atoms with Gasteiger partial charge in [-0.1, -0.05) is 0 Å². The van der Waals surface area contributed by atoms with Gasteiger partial charge in [0.2, 0.25) is 0 Å². The molecule has 1 saturated carbocycles. The quantitative estimate of drug-likeness (QED) is 0.494. The SMILES string of the molecule is O=C1CCCC1.O=CO. The normalized spacial score (nSPS) is 16.2. The van der Waals surface area contributed by atoms with E-state index < -0.39 is 0 Å². The second kappa shape index (κ2) is 5.28. The average molecular weight is 130 g/mol. The Morgan fingerprint density at radius 3 is 1.78 bits per heavy atom. The number of carbonyl (C=O) groups is 2. The van der Waals surface area contributed by atoms with Crippen molar-refractivity contribution in [3.8, 4) is 0 Å². The summed E-state index contributed by atoms with van der Waals surface area (Å²) in [6.45, 7) is -0.250. The fourth-order valence-electron chi connectivity index (χ4n) is 0.769. The van der Waals surface area contributed by atoms with Gasteiger partial charge in [-0.2, -0.15) is 0 Å². The molecule has 3 heteroatoms. The van der Waals surface area contributed by atoms with Crippen molar-refractivity contribution in [2.75, 3.05) is 0 Å². The van der Waals surface area contributed by atoms with Crippen molar-refractivity contribution >= 4 is 12.3 Å². The minimum atomic E-state index is -0.250. The van der Waals surface area contributed by atoms with Gasteiger partial charge in [-0.25, -0.2) is 0 Å². The Hall–Kier alpha value is -0.860. The fourth-order valence-corrected chi connectivity index (χ4v) is 0.769.